The van der Waals surface area contributed by atoms with Crippen LogP contribution in [0.1, 0.15) is 12.5 Å². The molecule has 0 spiro atoms. The molecule has 1 aromatic carbocycles. The van der Waals surface area contributed by atoms with Gasteiger partial charge in [-0.2, -0.15) is 5.10 Å². The van der Waals surface area contributed by atoms with Gasteiger partial charge in [-0.15, -0.1) is 12.8 Å². The van der Waals surface area contributed by atoms with Gasteiger partial charge in [-0.1, -0.05) is 0 Å². The van der Waals surface area contributed by atoms with Crippen molar-refractivity contribution in [3.63, 3.8) is 0 Å². The van der Waals surface area contributed by atoms with Crippen LogP contribution in [-0.4, -0.2) is 17.8 Å². The second-order valence-corrected chi connectivity index (χ2v) is 4.04. The van der Waals surface area contributed by atoms with Gasteiger partial charge in [-0.25, -0.2) is 0 Å². The van der Waals surface area contributed by atoms with E-state index in [2.05, 4.69) is 17.9 Å². The standard InChI is InChI=1S/C14H17N3O.C2H2/c1-3-16-17-8-6-13(7-9-17)18-14-5-4-12(15)10-11(14)2;1-2/h3-8,10H,9,15H2,1-2H3;1-2H/b16-3-;. The zero-order valence-electron chi connectivity index (χ0n) is 11.8. The van der Waals surface area contributed by atoms with E-state index in [1.165, 1.54) is 0 Å². The summed E-state index contributed by atoms with van der Waals surface area (Å²) in [6.07, 6.45) is 15.5. The third kappa shape index (κ3) is 4.21. The quantitative estimate of drug-likeness (QED) is 0.521. The van der Waals surface area contributed by atoms with Crippen molar-refractivity contribution >= 4 is 11.9 Å². The lowest BCUT2D eigenvalue weighted by molar-refractivity contribution is 0.393. The number of hydrazone groups is 1. The van der Waals surface area contributed by atoms with Crippen LogP contribution in [0.3, 0.4) is 0 Å². The highest BCUT2D eigenvalue weighted by molar-refractivity contribution is 5.53. The van der Waals surface area contributed by atoms with Crippen LogP contribution in [-0.2, 0) is 0 Å². The van der Waals surface area contributed by atoms with Gasteiger partial charge < -0.3 is 10.5 Å². The van der Waals surface area contributed by atoms with Crippen molar-refractivity contribution in [2.24, 2.45) is 5.10 Å². The van der Waals surface area contributed by atoms with Crippen molar-refractivity contribution in [3.05, 3.63) is 47.9 Å². The Bertz CT molecular complexity index is 556. The summed E-state index contributed by atoms with van der Waals surface area (Å²) >= 11 is 0. The van der Waals surface area contributed by atoms with Crippen molar-refractivity contribution in [2.75, 3.05) is 12.3 Å². The van der Waals surface area contributed by atoms with Gasteiger partial charge in [-0.3, -0.25) is 5.01 Å². The maximum Gasteiger partial charge on any atom is 0.130 e. The molecule has 1 heterocycles. The number of nitrogens with zero attached hydrogens (tertiary/aromatic N) is 2. The van der Waals surface area contributed by atoms with Crippen molar-refractivity contribution < 1.29 is 4.74 Å². The highest BCUT2D eigenvalue weighted by Gasteiger charge is 2.06. The molecule has 0 radical (unpaired) electrons. The predicted octanol–water partition coefficient (Wildman–Crippen LogP) is 2.92. The van der Waals surface area contributed by atoms with Crippen LogP contribution in [0.4, 0.5) is 5.69 Å². The van der Waals surface area contributed by atoms with E-state index in [1.807, 2.05) is 55.4 Å². The molecule has 1 aliphatic heterocycles. The molecule has 0 aromatic heterocycles. The van der Waals surface area contributed by atoms with Gasteiger partial charge in [0, 0.05) is 18.1 Å². The molecule has 2 N–H and O–H groups in total. The Hall–Kier alpha value is -2.67. The Morgan fingerprint density at radius 2 is 2.15 bits per heavy atom. The minimum atomic E-state index is 0.712. The lowest BCUT2D eigenvalue weighted by atomic mass is 10.2. The number of aryl methyl sites for hydroxylation is 1. The highest BCUT2D eigenvalue weighted by Crippen LogP contribution is 2.23. The average molecular weight is 269 g/mol. The molecule has 1 aliphatic rings. The van der Waals surface area contributed by atoms with Gasteiger partial charge in [0.2, 0.25) is 0 Å². The summed E-state index contributed by atoms with van der Waals surface area (Å²) in [5.74, 6) is 1.65. The number of ether oxygens (including phenoxy) is 1. The van der Waals surface area contributed by atoms with E-state index in [0.717, 1.165) is 22.8 Å². The van der Waals surface area contributed by atoms with E-state index in [-0.39, 0.29) is 0 Å². The van der Waals surface area contributed by atoms with Crippen LogP contribution < -0.4 is 10.5 Å². The van der Waals surface area contributed by atoms with Crippen LogP contribution in [0.25, 0.3) is 0 Å². The molecule has 0 unspecified atom stereocenters. The minimum Gasteiger partial charge on any atom is -0.457 e. The molecule has 0 amide bonds. The Morgan fingerprint density at radius 3 is 2.70 bits per heavy atom. The summed E-state index contributed by atoms with van der Waals surface area (Å²) in [4.78, 5) is 0. The van der Waals surface area contributed by atoms with Crippen molar-refractivity contribution in [1.82, 2.24) is 5.01 Å². The van der Waals surface area contributed by atoms with Crippen molar-refractivity contribution in [2.45, 2.75) is 13.8 Å². The number of terminal acetylenes is 1. The normalized spacial score (nSPS) is 13.6. The first-order valence-electron chi connectivity index (χ1n) is 6.20. The Labute approximate surface area is 120 Å². The maximum absolute atomic E-state index is 5.81. The van der Waals surface area contributed by atoms with E-state index in [1.54, 1.807) is 6.21 Å². The molecule has 104 valence electrons. The third-order valence-corrected chi connectivity index (χ3v) is 2.58. The molecule has 1 aromatic rings. The lowest BCUT2D eigenvalue weighted by Crippen LogP contribution is -2.14. The fraction of sp³-hybridized carbons (Fsp3) is 0.188. The van der Waals surface area contributed by atoms with Crippen LogP contribution in [0.5, 0.6) is 5.75 Å². The number of hydrogen-bond donors (Lipinski definition) is 1. The zero-order valence-corrected chi connectivity index (χ0v) is 11.8. The molecule has 2 rings (SSSR count). The second-order valence-electron chi connectivity index (χ2n) is 4.04. The first-order valence-corrected chi connectivity index (χ1v) is 6.20. The highest BCUT2D eigenvalue weighted by atomic mass is 16.5. The number of anilines is 1. The summed E-state index contributed by atoms with van der Waals surface area (Å²) in [7, 11) is 0. The molecule has 0 aliphatic carbocycles. The molecular weight excluding hydrogens is 250 g/mol. The van der Waals surface area contributed by atoms with E-state index < -0.39 is 0 Å². The molecule has 0 saturated carbocycles. The van der Waals surface area contributed by atoms with Gasteiger partial charge in [0.25, 0.3) is 0 Å². The van der Waals surface area contributed by atoms with E-state index >= 15 is 0 Å². The monoisotopic (exact) mass is 269 g/mol. The number of nitrogen functional groups attached to an aromatic ring is 1. The first-order chi connectivity index (χ1) is 9.69. The number of allylic oxidation sites excluding steroid dienone is 1. The van der Waals surface area contributed by atoms with Gasteiger partial charge in [0.1, 0.15) is 11.5 Å². The summed E-state index contributed by atoms with van der Waals surface area (Å²) < 4.78 is 5.81. The molecule has 4 nitrogen and oxygen atoms in total. The van der Waals surface area contributed by atoms with Gasteiger partial charge in [0.05, 0.1) is 6.54 Å². The Morgan fingerprint density at radius 1 is 1.40 bits per heavy atom. The number of benzene rings is 1. The van der Waals surface area contributed by atoms with Gasteiger partial charge >= 0.3 is 0 Å². The fourth-order valence-corrected chi connectivity index (χ4v) is 1.70. The summed E-state index contributed by atoms with van der Waals surface area (Å²) in [6.45, 7) is 4.58. The number of nitrogens with two attached hydrogens (primary N) is 1. The SMILES string of the molecule is C#C.C/C=N\N1C=CC(Oc2ccc(N)cc2C)=CC1. The topological polar surface area (TPSA) is 50.8 Å². The largest absolute Gasteiger partial charge is 0.457 e. The summed E-state index contributed by atoms with van der Waals surface area (Å²) in [6, 6.07) is 5.62. The molecule has 0 atom stereocenters. The lowest BCUT2D eigenvalue weighted by Gasteiger charge is -2.18. The van der Waals surface area contributed by atoms with Crippen molar-refractivity contribution in [3.8, 4) is 18.6 Å². The Balaban J connectivity index is 0.000000956. The molecule has 20 heavy (non-hydrogen) atoms. The van der Waals surface area contributed by atoms with E-state index in [0.29, 0.717) is 6.54 Å². The second kappa shape index (κ2) is 7.70. The molecular formula is C16H19N3O. The van der Waals surface area contributed by atoms with Crippen molar-refractivity contribution in [1.29, 1.82) is 0 Å². The van der Waals surface area contributed by atoms with Gasteiger partial charge in [-0.05, 0) is 49.8 Å². The Kier molecular flexibility index (Phi) is 5.92. The maximum atomic E-state index is 5.81. The minimum absolute atomic E-state index is 0.712. The van der Waals surface area contributed by atoms with Crippen LogP contribution in [0, 0.1) is 19.8 Å². The smallest absolute Gasteiger partial charge is 0.130 e. The first kappa shape index (κ1) is 15.4. The molecule has 0 fully saturated rings. The van der Waals surface area contributed by atoms with Crippen LogP contribution in [0.2, 0.25) is 0 Å². The third-order valence-electron chi connectivity index (χ3n) is 2.58. The molecule has 0 saturated heterocycles. The zero-order chi connectivity index (χ0) is 15.0. The van der Waals surface area contributed by atoms with Crippen LogP contribution >= 0.6 is 0 Å². The van der Waals surface area contributed by atoms with E-state index in [4.69, 9.17) is 10.5 Å². The number of hydrogen-bond acceptors (Lipinski definition) is 4. The molecule has 0 bridgehead atoms. The van der Waals surface area contributed by atoms with E-state index in [9.17, 15) is 0 Å². The van der Waals surface area contributed by atoms with Gasteiger partial charge in [0.15, 0.2) is 0 Å². The summed E-state index contributed by atoms with van der Waals surface area (Å²) in [5.41, 5.74) is 7.48. The predicted molar refractivity (Wildman–Crippen MR) is 84.2 cm³/mol. The average Bonchev–Trinajstić information content (AvgIpc) is 2.46. The number of rotatable bonds is 3. The summed E-state index contributed by atoms with van der Waals surface area (Å²) in [5, 5.41) is 6.00. The molecule has 4 heteroatoms. The van der Waals surface area contributed by atoms with Crippen LogP contribution in [0.15, 0.2) is 47.4 Å². The fourth-order valence-electron chi connectivity index (χ4n) is 1.70.